The van der Waals surface area contributed by atoms with Crippen molar-refractivity contribution in [1.29, 1.82) is 0 Å². The Balaban J connectivity index is 0.00000180. The number of thiazole rings is 1. The highest BCUT2D eigenvalue weighted by Gasteiger charge is 2.30. The van der Waals surface area contributed by atoms with Crippen LogP contribution in [0.1, 0.15) is 38.3 Å². The van der Waals surface area contributed by atoms with E-state index in [9.17, 15) is 4.79 Å². The second kappa shape index (κ2) is 7.19. The zero-order valence-corrected chi connectivity index (χ0v) is 12.7. The Morgan fingerprint density at radius 2 is 2.37 bits per heavy atom. The summed E-state index contributed by atoms with van der Waals surface area (Å²) in [6.07, 6.45) is 1.22. The van der Waals surface area contributed by atoms with Crippen molar-refractivity contribution in [3.05, 3.63) is 11.1 Å². The van der Waals surface area contributed by atoms with E-state index >= 15 is 0 Å². The molecule has 2 rings (SSSR count). The molecule has 2 atom stereocenters. The van der Waals surface area contributed by atoms with Gasteiger partial charge in [-0.15, -0.1) is 23.7 Å². The minimum absolute atomic E-state index is 0. The zero-order valence-electron chi connectivity index (χ0n) is 11.1. The molecular weight excluding hydrogens is 286 g/mol. The Hall–Kier alpha value is -0.690. The normalized spacial score (nSPS) is 22.3. The lowest BCUT2D eigenvalue weighted by atomic mass is 10.2. The molecule has 0 aromatic carbocycles. The van der Waals surface area contributed by atoms with Gasteiger partial charge in [-0.2, -0.15) is 0 Å². The number of hydrogen-bond acceptors (Lipinski definition) is 5. The summed E-state index contributed by atoms with van der Waals surface area (Å²) >= 11 is 1.45. The molecule has 1 aromatic heterocycles. The molecule has 7 heteroatoms. The molecule has 0 radical (unpaired) electrons. The van der Waals surface area contributed by atoms with E-state index in [0.29, 0.717) is 17.6 Å². The largest absolute Gasteiger partial charge is 0.364 e. The molecule has 1 aromatic rings. The van der Waals surface area contributed by atoms with Crippen molar-refractivity contribution in [2.75, 3.05) is 11.9 Å². The molecule has 1 aliphatic heterocycles. The third kappa shape index (κ3) is 4.14. The number of nitrogens with one attached hydrogen (secondary N) is 1. The van der Waals surface area contributed by atoms with Crippen LogP contribution < -0.4 is 11.1 Å². The minimum Gasteiger partial charge on any atom is -0.364 e. The van der Waals surface area contributed by atoms with Gasteiger partial charge in [0, 0.05) is 11.9 Å². The first kappa shape index (κ1) is 16.4. The highest BCUT2D eigenvalue weighted by molar-refractivity contribution is 7.13. The average molecular weight is 306 g/mol. The van der Waals surface area contributed by atoms with Gasteiger partial charge in [-0.25, -0.2) is 4.98 Å². The van der Waals surface area contributed by atoms with Crippen LogP contribution >= 0.6 is 23.7 Å². The molecule has 1 fully saturated rings. The van der Waals surface area contributed by atoms with E-state index < -0.39 is 0 Å². The Morgan fingerprint density at radius 3 is 2.89 bits per heavy atom. The minimum atomic E-state index is -0.384. The first-order chi connectivity index (χ1) is 8.60. The molecule has 0 unspecified atom stereocenters. The van der Waals surface area contributed by atoms with Crippen LogP contribution in [-0.4, -0.2) is 29.6 Å². The third-order valence-corrected chi connectivity index (χ3v) is 3.78. The van der Waals surface area contributed by atoms with Gasteiger partial charge in [-0.1, -0.05) is 13.8 Å². The number of anilines is 1. The molecule has 1 aliphatic rings. The van der Waals surface area contributed by atoms with E-state index in [0.717, 1.165) is 18.5 Å². The highest BCUT2D eigenvalue weighted by Crippen LogP contribution is 2.24. The smallest absolute Gasteiger partial charge is 0.255 e. The van der Waals surface area contributed by atoms with Gasteiger partial charge < -0.3 is 10.5 Å². The van der Waals surface area contributed by atoms with E-state index in [1.807, 2.05) is 5.38 Å². The maximum atomic E-state index is 11.9. The predicted octanol–water partition coefficient (Wildman–Crippen LogP) is 2.13. The van der Waals surface area contributed by atoms with Crippen molar-refractivity contribution < 1.29 is 9.53 Å². The fourth-order valence-corrected chi connectivity index (χ4v) is 2.74. The molecular formula is C12H20ClN3O2S. The predicted molar refractivity (Wildman–Crippen MR) is 79.0 cm³/mol. The van der Waals surface area contributed by atoms with Crippen molar-refractivity contribution in [2.24, 2.45) is 5.73 Å². The van der Waals surface area contributed by atoms with Gasteiger partial charge in [0.1, 0.15) is 6.10 Å². The quantitative estimate of drug-likeness (QED) is 0.893. The van der Waals surface area contributed by atoms with Crippen LogP contribution in [0, 0.1) is 0 Å². The second-order valence-electron chi connectivity index (χ2n) is 4.78. The monoisotopic (exact) mass is 305 g/mol. The van der Waals surface area contributed by atoms with E-state index in [-0.39, 0.29) is 30.5 Å². The molecule has 0 spiro atoms. The summed E-state index contributed by atoms with van der Waals surface area (Å²) < 4.78 is 5.54. The molecule has 1 amide bonds. The van der Waals surface area contributed by atoms with Crippen LogP contribution in [0.2, 0.25) is 0 Å². The van der Waals surface area contributed by atoms with Gasteiger partial charge in [0.15, 0.2) is 5.13 Å². The van der Waals surface area contributed by atoms with Gasteiger partial charge in [0.25, 0.3) is 5.91 Å². The molecule has 108 valence electrons. The first-order valence-corrected chi connectivity index (χ1v) is 7.10. The van der Waals surface area contributed by atoms with E-state index in [2.05, 4.69) is 24.1 Å². The molecule has 19 heavy (non-hydrogen) atoms. The Bertz CT molecular complexity index is 425. The number of amides is 1. The van der Waals surface area contributed by atoms with E-state index in [1.54, 1.807) is 0 Å². The molecule has 0 bridgehead atoms. The number of rotatable bonds is 4. The summed E-state index contributed by atoms with van der Waals surface area (Å²) in [5.41, 5.74) is 6.52. The standard InChI is InChI=1S/C12H19N3O2S.ClH/c1-7(2)9-6-18-12(14-9)15-11(16)10-4-3-8(5-13)17-10;/h6-8,10H,3-5,13H2,1-2H3,(H,14,15,16);1H/t8-,10+;/m1./s1. The van der Waals surface area contributed by atoms with Gasteiger partial charge in [-0.05, 0) is 18.8 Å². The van der Waals surface area contributed by atoms with Crippen LogP contribution in [0.4, 0.5) is 5.13 Å². The summed E-state index contributed by atoms with van der Waals surface area (Å²) in [6.45, 7) is 4.62. The molecule has 1 saturated heterocycles. The second-order valence-corrected chi connectivity index (χ2v) is 5.64. The lowest BCUT2D eigenvalue weighted by Gasteiger charge is -2.11. The third-order valence-electron chi connectivity index (χ3n) is 3.01. The average Bonchev–Trinajstić information content (AvgIpc) is 2.96. The van der Waals surface area contributed by atoms with Crippen LogP contribution in [0.15, 0.2) is 5.38 Å². The Morgan fingerprint density at radius 1 is 1.63 bits per heavy atom. The number of hydrogen-bond donors (Lipinski definition) is 2. The fourth-order valence-electron chi connectivity index (χ4n) is 1.87. The van der Waals surface area contributed by atoms with Gasteiger partial charge >= 0.3 is 0 Å². The fraction of sp³-hybridized carbons (Fsp3) is 0.667. The van der Waals surface area contributed by atoms with Crippen LogP contribution in [0.3, 0.4) is 0 Å². The lowest BCUT2D eigenvalue weighted by molar-refractivity contribution is -0.126. The highest BCUT2D eigenvalue weighted by atomic mass is 35.5. The van der Waals surface area contributed by atoms with Gasteiger partial charge in [-0.3, -0.25) is 10.1 Å². The SMILES string of the molecule is CC(C)c1csc(NC(=O)[C@@H]2CC[C@H](CN)O2)n1.Cl. The number of nitrogens with two attached hydrogens (primary N) is 1. The van der Waals surface area contributed by atoms with Crippen LogP contribution in [0.25, 0.3) is 0 Å². The molecule has 3 N–H and O–H groups in total. The summed E-state index contributed by atoms with van der Waals surface area (Å²) in [5, 5.41) is 5.42. The summed E-state index contributed by atoms with van der Waals surface area (Å²) in [7, 11) is 0. The van der Waals surface area contributed by atoms with Crippen molar-refractivity contribution in [3.63, 3.8) is 0 Å². The zero-order chi connectivity index (χ0) is 13.1. The summed E-state index contributed by atoms with van der Waals surface area (Å²) in [4.78, 5) is 16.3. The summed E-state index contributed by atoms with van der Waals surface area (Å²) in [6, 6.07) is 0. The molecule has 0 saturated carbocycles. The number of aromatic nitrogens is 1. The molecule has 0 aliphatic carbocycles. The van der Waals surface area contributed by atoms with Crippen molar-refractivity contribution in [3.8, 4) is 0 Å². The maximum Gasteiger partial charge on any atom is 0.255 e. The number of ether oxygens (including phenoxy) is 1. The van der Waals surface area contributed by atoms with Crippen molar-refractivity contribution >= 4 is 34.8 Å². The number of carbonyl (C=O) groups is 1. The van der Waals surface area contributed by atoms with E-state index in [4.69, 9.17) is 10.5 Å². The number of nitrogens with zero attached hydrogens (tertiary/aromatic N) is 1. The van der Waals surface area contributed by atoms with Crippen molar-refractivity contribution in [2.45, 2.75) is 44.8 Å². The van der Waals surface area contributed by atoms with Gasteiger partial charge in [0.05, 0.1) is 11.8 Å². The van der Waals surface area contributed by atoms with Crippen LogP contribution in [-0.2, 0) is 9.53 Å². The van der Waals surface area contributed by atoms with E-state index in [1.165, 1.54) is 11.3 Å². The first-order valence-electron chi connectivity index (χ1n) is 6.22. The van der Waals surface area contributed by atoms with Crippen molar-refractivity contribution in [1.82, 2.24) is 4.98 Å². The Kier molecular flexibility index (Phi) is 6.19. The molecule has 5 nitrogen and oxygen atoms in total. The van der Waals surface area contributed by atoms with Gasteiger partial charge in [0.2, 0.25) is 0 Å². The Labute approximate surface area is 123 Å². The number of halogens is 1. The summed E-state index contributed by atoms with van der Waals surface area (Å²) in [5.74, 6) is 0.256. The topological polar surface area (TPSA) is 77.2 Å². The molecule has 2 heterocycles. The lowest BCUT2D eigenvalue weighted by Crippen LogP contribution is -2.29. The maximum absolute atomic E-state index is 11.9. The number of carbonyl (C=O) groups excluding carboxylic acids is 1. The van der Waals surface area contributed by atoms with Crippen LogP contribution in [0.5, 0.6) is 0 Å².